The summed E-state index contributed by atoms with van der Waals surface area (Å²) in [4.78, 5) is 7.29. The number of alkyl halides is 2. The molecule has 1 aromatic carbocycles. The van der Waals surface area contributed by atoms with Crippen LogP contribution in [0.4, 0.5) is 14.5 Å². The number of hydrogen-bond acceptors (Lipinski definition) is 3. The largest absolute Gasteiger partial charge is 0.383 e. The van der Waals surface area contributed by atoms with Gasteiger partial charge >= 0.3 is 0 Å². The van der Waals surface area contributed by atoms with Crippen molar-refractivity contribution in [1.29, 1.82) is 0 Å². The number of aromatic amines is 1. The van der Waals surface area contributed by atoms with Crippen LogP contribution >= 0.6 is 0 Å². The van der Waals surface area contributed by atoms with Gasteiger partial charge in [-0.25, -0.2) is 13.8 Å². The molecule has 0 bridgehead atoms. The van der Waals surface area contributed by atoms with E-state index in [1.54, 1.807) is 18.5 Å². The van der Waals surface area contributed by atoms with Crippen LogP contribution in [-0.2, 0) is 0 Å². The van der Waals surface area contributed by atoms with E-state index in [0.29, 0.717) is 12.2 Å². The van der Waals surface area contributed by atoms with Crippen molar-refractivity contribution in [2.45, 2.75) is 25.8 Å². The second-order valence-corrected chi connectivity index (χ2v) is 6.55. The molecule has 3 aromatic rings. The number of aromatic nitrogens is 2. The molecule has 2 aromatic heterocycles. The fourth-order valence-corrected chi connectivity index (χ4v) is 2.59. The number of fused-ring (bicyclic) bond motifs is 1. The van der Waals surface area contributed by atoms with E-state index in [0.717, 1.165) is 22.2 Å². The second kappa shape index (κ2) is 6.20. The minimum Gasteiger partial charge on any atom is -0.383 e. The summed E-state index contributed by atoms with van der Waals surface area (Å²) in [5.41, 5.74) is 8.12. The molecule has 0 aliphatic carbocycles. The molecule has 0 fully saturated rings. The Morgan fingerprint density at radius 3 is 2.79 bits per heavy atom. The average Bonchev–Trinajstić information content (AvgIpc) is 2.96. The van der Waals surface area contributed by atoms with Crippen LogP contribution in [0, 0.1) is 0 Å². The van der Waals surface area contributed by atoms with Gasteiger partial charge in [-0.1, -0.05) is 6.07 Å². The Bertz CT molecular complexity index is 850. The highest BCUT2D eigenvalue weighted by Crippen LogP contribution is 2.34. The zero-order valence-electron chi connectivity index (χ0n) is 13.6. The quantitative estimate of drug-likeness (QED) is 0.653. The van der Waals surface area contributed by atoms with E-state index in [1.165, 1.54) is 6.07 Å². The Kier molecular flexibility index (Phi) is 4.24. The van der Waals surface area contributed by atoms with E-state index >= 15 is 0 Å². The molecule has 6 heteroatoms. The van der Waals surface area contributed by atoms with Gasteiger partial charge in [0.2, 0.25) is 0 Å². The molecule has 4 nitrogen and oxygen atoms in total. The number of benzene rings is 1. The Balaban J connectivity index is 2.00. The molecule has 0 atom stereocenters. The van der Waals surface area contributed by atoms with Crippen molar-refractivity contribution < 1.29 is 8.78 Å². The van der Waals surface area contributed by atoms with Gasteiger partial charge in [-0.15, -0.1) is 0 Å². The number of pyridine rings is 1. The summed E-state index contributed by atoms with van der Waals surface area (Å²) < 4.78 is 27.0. The maximum Gasteiger partial charge on any atom is 0.265 e. The summed E-state index contributed by atoms with van der Waals surface area (Å²) in [6, 6.07) is 8.77. The van der Waals surface area contributed by atoms with Crippen molar-refractivity contribution in [3.05, 3.63) is 48.3 Å². The third kappa shape index (κ3) is 3.38. The fourth-order valence-electron chi connectivity index (χ4n) is 2.59. The molecule has 0 unspecified atom stereocenters. The summed E-state index contributed by atoms with van der Waals surface area (Å²) in [5.74, 6) is 0. The normalized spacial score (nSPS) is 12.1. The van der Waals surface area contributed by atoms with Gasteiger partial charge in [-0.2, -0.15) is 0 Å². The van der Waals surface area contributed by atoms with Crippen LogP contribution in [0.15, 0.2) is 42.7 Å². The molecular weight excluding hydrogens is 310 g/mol. The van der Waals surface area contributed by atoms with E-state index in [4.69, 9.17) is 5.73 Å². The molecular formula is C18H20F2N4. The van der Waals surface area contributed by atoms with Gasteiger partial charge in [-0.3, -0.25) is 0 Å². The average molecular weight is 330 g/mol. The van der Waals surface area contributed by atoms with Gasteiger partial charge in [0.15, 0.2) is 0 Å². The van der Waals surface area contributed by atoms with E-state index in [1.807, 2.05) is 32.0 Å². The number of hydrogen-bond donors (Lipinski definition) is 3. The van der Waals surface area contributed by atoms with Gasteiger partial charge in [-0.05, 0) is 43.7 Å². The van der Waals surface area contributed by atoms with Gasteiger partial charge in [0.25, 0.3) is 6.43 Å². The number of nitrogens with zero attached hydrogens (tertiary/aromatic N) is 1. The molecule has 3 rings (SSSR count). The Morgan fingerprint density at radius 1 is 1.29 bits per heavy atom. The summed E-state index contributed by atoms with van der Waals surface area (Å²) in [6.07, 6.45) is 0.907. The van der Waals surface area contributed by atoms with E-state index in [2.05, 4.69) is 15.3 Å². The van der Waals surface area contributed by atoms with E-state index in [9.17, 15) is 8.78 Å². The first-order valence-electron chi connectivity index (χ1n) is 7.72. The molecule has 0 aliphatic rings. The maximum absolute atomic E-state index is 13.5. The highest BCUT2D eigenvalue weighted by Gasteiger charge is 2.18. The summed E-state index contributed by atoms with van der Waals surface area (Å²) >= 11 is 0. The lowest BCUT2D eigenvalue weighted by Crippen LogP contribution is -2.39. The number of nitrogens with two attached hydrogens (primary N) is 1. The lowest BCUT2D eigenvalue weighted by atomic mass is 10.0. The fraction of sp³-hybridized carbons (Fsp3) is 0.278. The number of nitrogens with one attached hydrogen (secondary N) is 2. The summed E-state index contributed by atoms with van der Waals surface area (Å²) in [5, 5.41) is 3.92. The molecule has 126 valence electrons. The minimum absolute atomic E-state index is 0.0324. The first-order valence-corrected chi connectivity index (χ1v) is 7.72. The molecule has 24 heavy (non-hydrogen) atoms. The molecule has 0 saturated heterocycles. The van der Waals surface area contributed by atoms with Crippen molar-refractivity contribution in [3.63, 3.8) is 0 Å². The zero-order chi connectivity index (χ0) is 17.3. The van der Waals surface area contributed by atoms with E-state index < -0.39 is 12.0 Å². The smallest absolute Gasteiger partial charge is 0.265 e. The van der Waals surface area contributed by atoms with Gasteiger partial charge < -0.3 is 16.0 Å². The van der Waals surface area contributed by atoms with Crippen molar-refractivity contribution in [1.82, 2.24) is 9.97 Å². The van der Waals surface area contributed by atoms with Crippen LogP contribution < -0.4 is 11.1 Å². The monoisotopic (exact) mass is 330 g/mol. The second-order valence-electron chi connectivity index (χ2n) is 6.55. The molecule has 2 heterocycles. The van der Waals surface area contributed by atoms with Crippen molar-refractivity contribution >= 4 is 16.7 Å². The third-order valence-electron chi connectivity index (χ3n) is 3.78. The number of halogens is 2. The SMILES string of the molecule is CC(C)(N)CNc1ccc(-c2c[nH]c3ncccc23)cc1C(F)F. The number of H-pyrrole nitrogens is 1. The molecule has 0 aliphatic heterocycles. The van der Waals surface area contributed by atoms with Crippen molar-refractivity contribution in [2.75, 3.05) is 11.9 Å². The topological polar surface area (TPSA) is 66.7 Å². The van der Waals surface area contributed by atoms with Gasteiger partial charge in [0, 0.05) is 46.7 Å². The van der Waals surface area contributed by atoms with Crippen molar-refractivity contribution in [2.24, 2.45) is 5.73 Å². The summed E-state index contributed by atoms with van der Waals surface area (Å²) in [7, 11) is 0. The van der Waals surface area contributed by atoms with E-state index in [-0.39, 0.29) is 5.56 Å². The first kappa shape index (κ1) is 16.4. The molecule has 0 radical (unpaired) electrons. The van der Waals surface area contributed by atoms with Crippen LogP contribution in [0.5, 0.6) is 0 Å². The molecule has 0 saturated carbocycles. The summed E-state index contributed by atoms with van der Waals surface area (Å²) in [6.45, 7) is 4.09. The number of rotatable bonds is 5. The van der Waals surface area contributed by atoms with Crippen LogP contribution in [-0.4, -0.2) is 22.1 Å². The van der Waals surface area contributed by atoms with Gasteiger partial charge in [0.05, 0.1) is 0 Å². The molecule has 4 N–H and O–H groups in total. The Hall–Kier alpha value is -2.47. The highest BCUT2D eigenvalue weighted by atomic mass is 19.3. The van der Waals surface area contributed by atoms with Crippen LogP contribution in [0.1, 0.15) is 25.8 Å². The minimum atomic E-state index is -2.57. The Labute approximate surface area is 139 Å². The predicted molar refractivity (Wildman–Crippen MR) is 93.2 cm³/mol. The van der Waals surface area contributed by atoms with Crippen LogP contribution in [0.25, 0.3) is 22.2 Å². The lowest BCUT2D eigenvalue weighted by molar-refractivity contribution is 0.152. The zero-order valence-corrected chi connectivity index (χ0v) is 13.6. The van der Waals surface area contributed by atoms with Crippen molar-refractivity contribution in [3.8, 4) is 11.1 Å². The Morgan fingerprint density at radius 2 is 2.08 bits per heavy atom. The first-order chi connectivity index (χ1) is 11.3. The highest BCUT2D eigenvalue weighted by molar-refractivity contribution is 5.93. The van der Waals surface area contributed by atoms with Crippen LogP contribution in [0.2, 0.25) is 0 Å². The van der Waals surface area contributed by atoms with Gasteiger partial charge in [0.1, 0.15) is 5.65 Å². The third-order valence-corrected chi connectivity index (χ3v) is 3.78. The molecule has 0 spiro atoms. The standard InChI is InChI=1S/C18H20F2N4/c1-18(2,21)10-24-15-6-5-11(8-13(15)16(19)20)14-9-23-17-12(14)4-3-7-22-17/h3-9,16,24H,10,21H2,1-2H3,(H,22,23). The lowest BCUT2D eigenvalue weighted by Gasteiger charge is -2.21. The molecule has 0 amide bonds. The van der Waals surface area contributed by atoms with Crippen LogP contribution in [0.3, 0.4) is 0 Å². The number of anilines is 1. The predicted octanol–water partition coefficient (Wildman–Crippen LogP) is 4.32. The maximum atomic E-state index is 13.5.